The van der Waals surface area contributed by atoms with Gasteiger partial charge in [0.05, 0.1) is 17.1 Å². The highest BCUT2D eigenvalue weighted by atomic mass is 19.1. The first-order valence-corrected chi connectivity index (χ1v) is 12.8. The molecule has 4 heterocycles. The largest absolute Gasteiger partial charge is 0.369 e. The zero-order chi connectivity index (χ0) is 23.9. The molecule has 3 fully saturated rings. The number of rotatable bonds is 5. The Bertz CT molecular complexity index is 1190. The molecule has 0 N–H and O–H groups in total. The summed E-state index contributed by atoms with van der Waals surface area (Å²) in [4.78, 5) is 21.5. The first-order valence-electron chi connectivity index (χ1n) is 12.8. The summed E-state index contributed by atoms with van der Waals surface area (Å²) in [5.41, 5.74) is 5.79. The minimum atomic E-state index is -0.931. The van der Waals surface area contributed by atoms with Gasteiger partial charge in [-0.15, -0.1) is 0 Å². The number of hydrogen-bond donors (Lipinski definition) is 0. The number of hydrogen-bond acceptors (Lipinski definition) is 5. The Hall–Kier alpha value is -3.13. The fraction of sp³-hybridized carbons (Fsp3) is 0.481. The Morgan fingerprint density at radius 1 is 0.943 bits per heavy atom. The molecule has 1 amide bonds. The third-order valence-electron chi connectivity index (χ3n) is 7.83. The van der Waals surface area contributed by atoms with Crippen molar-refractivity contribution in [3.05, 3.63) is 48.8 Å². The zero-order valence-electron chi connectivity index (χ0n) is 20.3. The lowest BCUT2D eigenvalue weighted by Crippen LogP contribution is -2.49. The molecule has 0 radical (unpaired) electrons. The molecule has 2 atom stereocenters. The van der Waals surface area contributed by atoms with Crippen LogP contribution in [-0.4, -0.2) is 90.4 Å². The fourth-order valence-corrected chi connectivity index (χ4v) is 5.43. The van der Waals surface area contributed by atoms with Crippen LogP contribution in [0.15, 0.2) is 48.8 Å². The molecule has 0 bridgehead atoms. The number of aromatic nitrogens is 2. The Labute approximate surface area is 205 Å². The van der Waals surface area contributed by atoms with Crippen molar-refractivity contribution in [2.45, 2.75) is 19.5 Å². The van der Waals surface area contributed by atoms with Crippen molar-refractivity contribution in [2.24, 2.45) is 5.92 Å². The van der Waals surface area contributed by atoms with Crippen LogP contribution in [0, 0.1) is 5.92 Å². The van der Waals surface area contributed by atoms with Gasteiger partial charge >= 0.3 is 0 Å². The third-order valence-corrected chi connectivity index (χ3v) is 7.83. The van der Waals surface area contributed by atoms with Crippen LogP contribution in [-0.2, 0) is 4.79 Å². The summed E-state index contributed by atoms with van der Waals surface area (Å²) >= 11 is 0. The Morgan fingerprint density at radius 3 is 2.29 bits per heavy atom. The molecule has 1 aliphatic carbocycles. The highest BCUT2D eigenvalue weighted by Crippen LogP contribution is 2.36. The normalized spacial score (nSPS) is 23.2. The van der Waals surface area contributed by atoms with Gasteiger partial charge in [0.15, 0.2) is 0 Å². The van der Waals surface area contributed by atoms with Gasteiger partial charge in [0.2, 0.25) is 5.91 Å². The van der Waals surface area contributed by atoms with Crippen molar-refractivity contribution < 1.29 is 9.18 Å². The molecule has 3 aromatic rings. The van der Waals surface area contributed by atoms with Crippen LogP contribution >= 0.6 is 0 Å². The highest BCUT2D eigenvalue weighted by molar-refractivity contribution is 5.83. The van der Waals surface area contributed by atoms with Gasteiger partial charge in [-0.05, 0) is 42.8 Å². The lowest BCUT2D eigenvalue weighted by atomic mass is 10.1. The van der Waals surface area contributed by atoms with E-state index < -0.39 is 12.1 Å². The van der Waals surface area contributed by atoms with E-state index in [1.807, 2.05) is 21.7 Å². The number of alkyl halides is 1. The number of carbonyl (C=O) groups excluding carboxylic acids is 1. The average molecular weight is 477 g/mol. The standard InChI is InChI=1S/C27H33FN6O/c1-2-30-9-11-31(12-10-30)22-5-3-20(4-6-22)21-17-26-25(7-8-29-34(26)19-21)32-13-15-33(16-14-32)27(35)23-18-24(23)28/h3-8,17,19,23-24H,2,9-16,18H2,1H3/t23?,24-/m1/s1. The summed E-state index contributed by atoms with van der Waals surface area (Å²) in [7, 11) is 0. The van der Waals surface area contributed by atoms with Gasteiger partial charge in [-0.2, -0.15) is 5.10 Å². The maximum absolute atomic E-state index is 13.3. The second kappa shape index (κ2) is 9.15. The summed E-state index contributed by atoms with van der Waals surface area (Å²) < 4.78 is 15.3. The molecule has 1 aromatic carbocycles. The van der Waals surface area contributed by atoms with E-state index in [4.69, 9.17) is 0 Å². The van der Waals surface area contributed by atoms with Gasteiger partial charge in [-0.25, -0.2) is 8.91 Å². The van der Waals surface area contributed by atoms with E-state index in [1.54, 1.807) is 0 Å². The van der Waals surface area contributed by atoms with Crippen molar-refractivity contribution in [1.29, 1.82) is 0 Å². The van der Waals surface area contributed by atoms with Crippen molar-refractivity contribution in [2.75, 3.05) is 68.7 Å². The van der Waals surface area contributed by atoms with Crippen LogP contribution < -0.4 is 9.80 Å². The first kappa shape index (κ1) is 22.3. The predicted octanol–water partition coefficient (Wildman–Crippen LogP) is 3.15. The number of halogens is 1. The molecule has 2 saturated heterocycles. The molecule has 6 rings (SSSR count). The molecule has 2 aromatic heterocycles. The molecule has 2 aliphatic heterocycles. The van der Waals surface area contributed by atoms with Crippen molar-refractivity contribution in [3.8, 4) is 11.1 Å². The van der Waals surface area contributed by atoms with Crippen LogP contribution in [0.25, 0.3) is 16.6 Å². The summed E-state index contributed by atoms with van der Waals surface area (Å²) in [5, 5.41) is 4.54. The lowest BCUT2D eigenvalue weighted by Gasteiger charge is -2.36. The summed E-state index contributed by atoms with van der Waals surface area (Å²) in [6.07, 6.45) is 3.38. The second-order valence-corrected chi connectivity index (χ2v) is 9.91. The number of fused-ring (bicyclic) bond motifs is 1. The quantitative estimate of drug-likeness (QED) is 0.566. The number of anilines is 2. The van der Waals surface area contributed by atoms with Crippen molar-refractivity contribution >= 4 is 22.8 Å². The molecule has 8 heteroatoms. The van der Waals surface area contributed by atoms with E-state index >= 15 is 0 Å². The second-order valence-electron chi connectivity index (χ2n) is 9.91. The molecule has 1 unspecified atom stereocenters. The smallest absolute Gasteiger partial charge is 0.228 e. The number of carbonyl (C=O) groups is 1. The Kier molecular flexibility index (Phi) is 5.84. The molecular formula is C27H33FN6O. The van der Waals surface area contributed by atoms with Crippen LogP contribution in [0.1, 0.15) is 13.3 Å². The van der Waals surface area contributed by atoms with Crippen molar-refractivity contribution in [3.63, 3.8) is 0 Å². The molecule has 1 saturated carbocycles. The Balaban J connectivity index is 1.16. The van der Waals surface area contributed by atoms with Crippen LogP contribution in [0.2, 0.25) is 0 Å². The van der Waals surface area contributed by atoms with E-state index in [0.717, 1.165) is 62.6 Å². The minimum absolute atomic E-state index is 0.0160. The van der Waals surface area contributed by atoms with E-state index in [1.165, 1.54) is 11.3 Å². The minimum Gasteiger partial charge on any atom is -0.369 e. The van der Waals surface area contributed by atoms with Crippen LogP contribution in [0.4, 0.5) is 15.8 Å². The summed E-state index contributed by atoms with van der Waals surface area (Å²) in [5.74, 6) is -0.410. The first-order chi connectivity index (χ1) is 17.1. The van der Waals surface area contributed by atoms with E-state index in [2.05, 4.69) is 63.3 Å². The van der Waals surface area contributed by atoms with Gasteiger partial charge < -0.3 is 19.6 Å². The molecule has 184 valence electrons. The number of amides is 1. The molecule has 3 aliphatic rings. The third kappa shape index (κ3) is 4.35. The van der Waals surface area contributed by atoms with Gasteiger partial charge in [0.25, 0.3) is 0 Å². The molecular weight excluding hydrogens is 443 g/mol. The predicted molar refractivity (Wildman–Crippen MR) is 137 cm³/mol. The van der Waals surface area contributed by atoms with Crippen molar-refractivity contribution in [1.82, 2.24) is 19.4 Å². The fourth-order valence-electron chi connectivity index (χ4n) is 5.43. The molecule has 35 heavy (non-hydrogen) atoms. The summed E-state index contributed by atoms with van der Waals surface area (Å²) in [6.45, 7) is 10.5. The van der Waals surface area contributed by atoms with E-state index in [0.29, 0.717) is 19.5 Å². The van der Waals surface area contributed by atoms with Gasteiger partial charge in [0.1, 0.15) is 6.17 Å². The topological polar surface area (TPSA) is 47.3 Å². The van der Waals surface area contributed by atoms with E-state index in [9.17, 15) is 9.18 Å². The SMILES string of the molecule is CCN1CCN(c2ccc(-c3cc4c(N5CCN(C(=O)C6C[C@H]6F)CC5)ccnn4c3)cc2)CC1. The monoisotopic (exact) mass is 476 g/mol. The maximum atomic E-state index is 13.3. The lowest BCUT2D eigenvalue weighted by molar-refractivity contribution is -0.133. The number of likely N-dealkylation sites (N-methyl/N-ethyl adjacent to an activating group) is 1. The number of piperazine rings is 2. The van der Waals surface area contributed by atoms with E-state index in [-0.39, 0.29) is 5.91 Å². The Morgan fingerprint density at radius 2 is 1.63 bits per heavy atom. The van der Waals surface area contributed by atoms with Gasteiger partial charge in [-0.1, -0.05) is 19.1 Å². The maximum Gasteiger partial charge on any atom is 0.228 e. The van der Waals surface area contributed by atoms with Gasteiger partial charge in [-0.3, -0.25) is 4.79 Å². The van der Waals surface area contributed by atoms with Crippen LogP contribution in [0.3, 0.4) is 0 Å². The number of nitrogens with zero attached hydrogens (tertiary/aromatic N) is 6. The van der Waals surface area contributed by atoms with Crippen LogP contribution in [0.5, 0.6) is 0 Å². The zero-order valence-corrected chi connectivity index (χ0v) is 20.3. The van der Waals surface area contributed by atoms with Gasteiger partial charge in [0, 0.05) is 76.0 Å². The summed E-state index contributed by atoms with van der Waals surface area (Å²) in [6, 6.07) is 13.1. The highest BCUT2D eigenvalue weighted by Gasteiger charge is 2.46. The molecule has 0 spiro atoms. The molecule has 7 nitrogen and oxygen atoms in total. The number of benzene rings is 1. The average Bonchev–Trinajstić information content (AvgIpc) is 3.48.